The number of nitrogens with one attached hydrogen (secondary N) is 1. The van der Waals surface area contributed by atoms with Gasteiger partial charge in [0.25, 0.3) is 0 Å². The van der Waals surface area contributed by atoms with Gasteiger partial charge in [0.05, 0.1) is 12.1 Å². The number of carbonyl (C=O) groups is 1. The van der Waals surface area contributed by atoms with E-state index in [0.29, 0.717) is 19.0 Å². The molecule has 1 saturated heterocycles. The molecule has 0 bridgehead atoms. The number of aromatic nitrogens is 1. The highest BCUT2D eigenvalue weighted by atomic mass is 16.5. The van der Waals surface area contributed by atoms with Crippen LogP contribution < -0.4 is 5.32 Å². The molecular formula is C34H50N4O3. The van der Waals surface area contributed by atoms with E-state index in [-0.39, 0.29) is 18.1 Å². The first-order valence-corrected chi connectivity index (χ1v) is 15.8. The highest BCUT2D eigenvalue weighted by Crippen LogP contribution is 2.39. The third kappa shape index (κ3) is 7.18. The molecule has 7 nitrogen and oxygen atoms in total. The van der Waals surface area contributed by atoms with E-state index in [9.17, 15) is 9.90 Å². The molecule has 1 aromatic carbocycles. The van der Waals surface area contributed by atoms with Crippen molar-refractivity contribution < 1.29 is 14.6 Å². The maximum Gasteiger partial charge on any atom is 0.325 e. The summed E-state index contributed by atoms with van der Waals surface area (Å²) >= 11 is 0. The van der Waals surface area contributed by atoms with Crippen molar-refractivity contribution in [1.29, 1.82) is 0 Å². The van der Waals surface area contributed by atoms with Gasteiger partial charge in [-0.15, -0.1) is 0 Å². The number of hydrogen-bond donors (Lipinski definition) is 2. The number of benzene rings is 1. The minimum absolute atomic E-state index is 0.0961. The summed E-state index contributed by atoms with van der Waals surface area (Å²) in [5, 5.41) is 13.7. The number of carboxylic acid groups (broad SMARTS) is 1. The summed E-state index contributed by atoms with van der Waals surface area (Å²) in [6, 6.07) is 10.1. The molecule has 0 saturated carbocycles. The standard InChI is InChI=1S/C32H44N4O3.C2H6/c1-20(2)29-21(3)26-12-8-13-27(28(26)22(4)34-29)30(32(37)38)36-18-25(19-36)39-17-7-5-6-11-24-15-14-23-10-9-16-33-31(23)35-24;1-2/h8,12-15,20-21,25,29-30H,5-7,9-11,16-19H2,1-4H3,(H,33,35)(H,37,38);1-2H3. The molecule has 0 aliphatic carbocycles. The van der Waals surface area contributed by atoms with Crippen LogP contribution in [-0.4, -0.2) is 65.1 Å². The number of fused-ring (bicyclic) bond motifs is 2. The number of aliphatic imine (C=N–C) groups is 1. The maximum atomic E-state index is 12.5. The minimum Gasteiger partial charge on any atom is -0.480 e. The Kier molecular flexibility index (Phi) is 11.0. The van der Waals surface area contributed by atoms with Crippen LogP contribution in [0.15, 0.2) is 35.3 Å². The van der Waals surface area contributed by atoms with Crippen molar-refractivity contribution in [3.05, 3.63) is 58.3 Å². The van der Waals surface area contributed by atoms with Crippen molar-refractivity contribution >= 4 is 17.5 Å². The molecule has 41 heavy (non-hydrogen) atoms. The van der Waals surface area contributed by atoms with Gasteiger partial charge in [0.1, 0.15) is 11.9 Å². The van der Waals surface area contributed by atoms with E-state index in [1.54, 1.807) is 0 Å². The quantitative estimate of drug-likeness (QED) is 0.298. The molecule has 0 spiro atoms. The molecule has 3 atom stereocenters. The van der Waals surface area contributed by atoms with Gasteiger partial charge in [0, 0.05) is 49.1 Å². The number of unbranched alkanes of at least 4 members (excludes halogenated alkanes) is 2. The molecule has 0 radical (unpaired) electrons. The van der Waals surface area contributed by atoms with Crippen LogP contribution in [0.4, 0.5) is 5.82 Å². The second-order valence-corrected chi connectivity index (χ2v) is 11.9. The van der Waals surface area contributed by atoms with Gasteiger partial charge in [-0.1, -0.05) is 65.3 Å². The predicted octanol–water partition coefficient (Wildman–Crippen LogP) is 6.66. The van der Waals surface area contributed by atoms with Crippen LogP contribution in [0.3, 0.4) is 0 Å². The Hall–Kier alpha value is -2.77. The molecule has 3 unspecified atom stereocenters. The Balaban J connectivity index is 0.00000189. The monoisotopic (exact) mass is 562 g/mol. The van der Waals surface area contributed by atoms with Gasteiger partial charge in [-0.05, 0) is 67.7 Å². The smallest absolute Gasteiger partial charge is 0.325 e. The summed E-state index contributed by atoms with van der Waals surface area (Å²) in [5.41, 5.74) is 6.57. The zero-order chi connectivity index (χ0) is 29.5. The number of carboxylic acids is 1. The Morgan fingerprint density at radius 3 is 2.66 bits per heavy atom. The second kappa shape index (κ2) is 14.4. The van der Waals surface area contributed by atoms with Crippen molar-refractivity contribution in [3.63, 3.8) is 0 Å². The number of aliphatic carboxylic acids is 1. The Morgan fingerprint density at radius 1 is 1.15 bits per heavy atom. The number of rotatable bonds is 11. The summed E-state index contributed by atoms with van der Waals surface area (Å²) in [7, 11) is 0. The van der Waals surface area contributed by atoms with Crippen molar-refractivity contribution in [2.45, 2.75) is 104 Å². The lowest BCUT2D eigenvalue weighted by atomic mass is 9.78. The van der Waals surface area contributed by atoms with Gasteiger partial charge in [-0.25, -0.2) is 4.98 Å². The van der Waals surface area contributed by atoms with E-state index in [1.165, 1.54) is 17.5 Å². The molecule has 3 aliphatic rings. The average Bonchev–Trinajstić information content (AvgIpc) is 2.95. The van der Waals surface area contributed by atoms with Crippen molar-refractivity contribution in [1.82, 2.24) is 9.88 Å². The molecule has 7 heteroatoms. The van der Waals surface area contributed by atoms with E-state index in [1.807, 2.05) is 37.8 Å². The fourth-order valence-corrected chi connectivity index (χ4v) is 6.54. The fourth-order valence-electron chi connectivity index (χ4n) is 6.54. The molecule has 3 aliphatic heterocycles. The van der Waals surface area contributed by atoms with Crippen LogP contribution in [0, 0.1) is 5.92 Å². The number of anilines is 1. The molecule has 0 amide bonds. The zero-order valence-electron chi connectivity index (χ0n) is 25.9. The lowest BCUT2D eigenvalue weighted by molar-refractivity contribution is -0.150. The molecule has 2 N–H and O–H groups in total. The van der Waals surface area contributed by atoms with Gasteiger partial charge in [0.2, 0.25) is 0 Å². The van der Waals surface area contributed by atoms with Crippen molar-refractivity contribution in [2.75, 3.05) is 31.6 Å². The van der Waals surface area contributed by atoms with Gasteiger partial charge in [-0.3, -0.25) is 14.7 Å². The van der Waals surface area contributed by atoms with Crippen LogP contribution in [0.1, 0.15) is 107 Å². The lowest BCUT2D eigenvalue weighted by Crippen LogP contribution is -2.55. The topological polar surface area (TPSA) is 87.0 Å². The third-order valence-electron chi connectivity index (χ3n) is 8.67. The lowest BCUT2D eigenvalue weighted by Gasteiger charge is -2.43. The number of pyridine rings is 1. The molecule has 5 rings (SSSR count). The van der Waals surface area contributed by atoms with E-state index in [4.69, 9.17) is 14.7 Å². The van der Waals surface area contributed by atoms with Gasteiger partial charge < -0.3 is 15.2 Å². The molecule has 2 aromatic rings. The van der Waals surface area contributed by atoms with E-state index in [0.717, 1.165) is 73.6 Å². The zero-order valence-corrected chi connectivity index (χ0v) is 25.9. The molecule has 4 heterocycles. The summed E-state index contributed by atoms with van der Waals surface area (Å²) in [5.74, 6) is 0.974. The Labute approximate surface area is 246 Å². The SMILES string of the molecule is CC.CC1=NC(C(C)C)C(C)c2cccc(C(C(=O)O)N3CC(OCCCCCc4ccc5c(n4)NCCC5)C3)c21. The van der Waals surface area contributed by atoms with Crippen LogP contribution in [0.2, 0.25) is 0 Å². The summed E-state index contributed by atoms with van der Waals surface area (Å²) < 4.78 is 6.11. The van der Waals surface area contributed by atoms with Gasteiger partial charge in [0.15, 0.2) is 0 Å². The predicted molar refractivity (Wildman–Crippen MR) is 167 cm³/mol. The van der Waals surface area contributed by atoms with E-state index in [2.05, 4.69) is 44.3 Å². The van der Waals surface area contributed by atoms with Crippen LogP contribution >= 0.6 is 0 Å². The average molecular weight is 563 g/mol. The normalized spacial score (nSPS) is 21.0. The molecular weight excluding hydrogens is 512 g/mol. The minimum atomic E-state index is -0.806. The largest absolute Gasteiger partial charge is 0.480 e. The second-order valence-electron chi connectivity index (χ2n) is 11.9. The van der Waals surface area contributed by atoms with E-state index < -0.39 is 12.0 Å². The fraction of sp³-hybridized carbons (Fsp3) is 0.618. The first kappa shape index (κ1) is 31.2. The molecule has 1 aromatic heterocycles. The Bertz CT molecular complexity index is 1200. The first-order valence-electron chi connectivity index (χ1n) is 15.8. The van der Waals surface area contributed by atoms with Gasteiger partial charge >= 0.3 is 5.97 Å². The van der Waals surface area contributed by atoms with Gasteiger partial charge in [-0.2, -0.15) is 0 Å². The highest BCUT2D eigenvalue weighted by molar-refractivity contribution is 6.03. The highest BCUT2D eigenvalue weighted by Gasteiger charge is 2.40. The third-order valence-corrected chi connectivity index (χ3v) is 8.67. The molecule has 224 valence electrons. The first-order chi connectivity index (χ1) is 19.8. The number of hydrogen-bond acceptors (Lipinski definition) is 6. The van der Waals surface area contributed by atoms with Crippen LogP contribution in [0.5, 0.6) is 0 Å². The summed E-state index contributed by atoms with van der Waals surface area (Å²) in [6.07, 6.45) is 6.61. The number of nitrogens with zero attached hydrogens (tertiary/aromatic N) is 3. The Morgan fingerprint density at radius 2 is 1.93 bits per heavy atom. The van der Waals surface area contributed by atoms with E-state index >= 15 is 0 Å². The van der Waals surface area contributed by atoms with Crippen LogP contribution in [0.25, 0.3) is 0 Å². The van der Waals surface area contributed by atoms with Crippen molar-refractivity contribution in [3.8, 4) is 0 Å². The maximum absolute atomic E-state index is 12.5. The van der Waals surface area contributed by atoms with Crippen LogP contribution in [-0.2, 0) is 22.4 Å². The number of ether oxygens (including phenoxy) is 1. The number of likely N-dealkylation sites (tertiary alicyclic amines) is 1. The number of aryl methyl sites for hydroxylation is 2. The molecule has 1 fully saturated rings. The summed E-state index contributed by atoms with van der Waals surface area (Å²) in [4.78, 5) is 24.3. The van der Waals surface area contributed by atoms with Crippen molar-refractivity contribution in [2.24, 2.45) is 10.9 Å². The summed E-state index contributed by atoms with van der Waals surface area (Å²) in [6.45, 7) is 15.7.